The number of fused-ring (bicyclic) bond motifs is 1. The molecular weight excluding hydrogens is 434 g/mol. The fourth-order valence-corrected chi connectivity index (χ4v) is 4.64. The van der Waals surface area contributed by atoms with Crippen LogP contribution in [0.4, 0.5) is 26.3 Å². The molecule has 0 amide bonds. The zero-order chi connectivity index (χ0) is 21.1. The van der Waals surface area contributed by atoms with Crippen LogP contribution >= 0.6 is 11.3 Å². The summed E-state index contributed by atoms with van der Waals surface area (Å²) in [5.74, 6) is -0.789. The summed E-state index contributed by atoms with van der Waals surface area (Å²) in [7, 11) is -2.85. The van der Waals surface area contributed by atoms with Crippen LogP contribution < -0.4 is 0 Å². The van der Waals surface area contributed by atoms with E-state index in [1.807, 2.05) is 0 Å². The van der Waals surface area contributed by atoms with Crippen molar-refractivity contribution in [3.05, 3.63) is 22.8 Å². The van der Waals surface area contributed by atoms with E-state index in [4.69, 9.17) is 0 Å². The molecule has 0 atom stereocenters. The molecule has 0 aliphatic carbocycles. The normalized spacial score (nSPS) is 13.4. The van der Waals surface area contributed by atoms with Crippen LogP contribution in [0.15, 0.2) is 17.3 Å². The summed E-state index contributed by atoms with van der Waals surface area (Å²) in [6.45, 7) is 1.23. The summed E-state index contributed by atoms with van der Waals surface area (Å²) in [5, 5.41) is -2.22. The molecule has 0 N–H and O–H groups in total. The van der Waals surface area contributed by atoms with Crippen LogP contribution in [0.2, 0.25) is 0 Å². The molecule has 0 spiro atoms. The van der Waals surface area contributed by atoms with E-state index in [9.17, 15) is 34.8 Å². The smallest absolute Gasteiger partial charge is 0.311 e. The van der Waals surface area contributed by atoms with Crippen molar-refractivity contribution < 1.29 is 34.8 Å². The largest absolute Gasteiger partial charge is 0.443 e. The first kappa shape index (κ1) is 20.5. The van der Waals surface area contributed by atoms with Crippen molar-refractivity contribution in [3.8, 4) is 10.7 Å². The van der Waals surface area contributed by atoms with Gasteiger partial charge in [-0.3, -0.25) is 0 Å². The van der Waals surface area contributed by atoms with Gasteiger partial charge in [0.2, 0.25) is 0 Å². The second kappa shape index (κ2) is 6.40. The molecule has 0 aliphatic heterocycles. The van der Waals surface area contributed by atoms with E-state index in [2.05, 4.69) is 15.0 Å². The fraction of sp³-hybridized carbons (Fsp3) is 0.357. The topological polar surface area (TPSA) is 77.7 Å². The number of hydrogen-bond donors (Lipinski definition) is 0. The van der Waals surface area contributed by atoms with Gasteiger partial charge in [-0.15, -0.1) is 11.3 Å². The molecule has 28 heavy (non-hydrogen) atoms. The van der Waals surface area contributed by atoms with Crippen molar-refractivity contribution in [1.29, 1.82) is 0 Å². The van der Waals surface area contributed by atoms with E-state index in [1.165, 1.54) is 14.0 Å². The Morgan fingerprint density at radius 2 is 1.75 bits per heavy atom. The van der Waals surface area contributed by atoms with Crippen molar-refractivity contribution in [1.82, 2.24) is 19.5 Å². The molecule has 152 valence electrons. The summed E-state index contributed by atoms with van der Waals surface area (Å²) >= 11 is 0.0523. The predicted molar refractivity (Wildman–Crippen MR) is 87.3 cm³/mol. The lowest BCUT2D eigenvalue weighted by atomic mass is 10.2. The first-order chi connectivity index (χ1) is 12.8. The molecular formula is C14H10F6N4O2S2. The molecule has 0 radical (unpaired) electrons. The zero-order valence-corrected chi connectivity index (χ0v) is 15.7. The summed E-state index contributed by atoms with van der Waals surface area (Å²) in [6, 6.07) is 0.686. The van der Waals surface area contributed by atoms with Gasteiger partial charge in [0.1, 0.15) is 10.4 Å². The van der Waals surface area contributed by atoms with Gasteiger partial charge < -0.3 is 4.57 Å². The molecule has 0 saturated heterocycles. The Kier molecular flexibility index (Phi) is 4.69. The lowest BCUT2D eigenvalue weighted by Crippen LogP contribution is -2.09. The second-order valence-electron chi connectivity index (χ2n) is 5.61. The van der Waals surface area contributed by atoms with E-state index in [-0.39, 0.29) is 28.3 Å². The average Bonchev–Trinajstić information content (AvgIpc) is 3.16. The SMILES string of the molecule is CCS(=O)(=O)c1nc(C(F)(F)F)sc1-c1nc2cc(C(F)(F)F)cnc2n1C. The molecule has 0 aliphatic rings. The molecule has 14 heteroatoms. The van der Waals surface area contributed by atoms with Crippen LogP contribution in [0.3, 0.4) is 0 Å². The van der Waals surface area contributed by atoms with Crippen LogP contribution in [0, 0.1) is 0 Å². The van der Waals surface area contributed by atoms with Crippen LogP contribution in [0.1, 0.15) is 17.5 Å². The Hall–Kier alpha value is -2.22. The van der Waals surface area contributed by atoms with E-state index in [1.54, 1.807) is 0 Å². The van der Waals surface area contributed by atoms with E-state index >= 15 is 0 Å². The molecule has 0 bridgehead atoms. The Morgan fingerprint density at radius 1 is 1.11 bits per heavy atom. The van der Waals surface area contributed by atoms with Gasteiger partial charge in [0, 0.05) is 13.2 Å². The van der Waals surface area contributed by atoms with Gasteiger partial charge in [0.05, 0.1) is 11.3 Å². The standard InChI is InChI=1S/C14H10F6N4O2S2/c1-3-28(25,26)11-8(27-12(23-11)14(18,19)20)10-22-7-4-6(13(15,16)17)5-21-9(7)24(10)2/h4-5H,3H2,1-2H3. The predicted octanol–water partition coefficient (Wildman–Crippen LogP) is 3.92. The molecule has 6 nitrogen and oxygen atoms in total. The quantitative estimate of drug-likeness (QED) is 0.573. The van der Waals surface area contributed by atoms with Gasteiger partial charge in [-0.1, -0.05) is 6.92 Å². The van der Waals surface area contributed by atoms with Crippen molar-refractivity contribution in [2.24, 2.45) is 7.05 Å². The summed E-state index contributed by atoms with van der Waals surface area (Å²) in [6.07, 6.45) is -9.03. The molecule has 0 fully saturated rings. The summed E-state index contributed by atoms with van der Waals surface area (Å²) < 4.78 is 103. The van der Waals surface area contributed by atoms with Gasteiger partial charge in [-0.05, 0) is 6.07 Å². The minimum Gasteiger partial charge on any atom is -0.311 e. The highest BCUT2D eigenvalue weighted by Gasteiger charge is 2.39. The lowest BCUT2D eigenvalue weighted by Gasteiger charge is -2.05. The molecule has 3 aromatic heterocycles. The second-order valence-corrected chi connectivity index (χ2v) is 8.81. The van der Waals surface area contributed by atoms with Crippen LogP contribution in [-0.4, -0.2) is 33.7 Å². The van der Waals surface area contributed by atoms with Crippen molar-refractivity contribution in [2.75, 3.05) is 5.75 Å². The number of halogens is 6. The molecule has 0 saturated carbocycles. The first-order valence-electron chi connectivity index (χ1n) is 7.46. The maximum atomic E-state index is 13.1. The van der Waals surface area contributed by atoms with E-state index < -0.39 is 48.4 Å². The number of nitrogens with zero attached hydrogens (tertiary/aromatic N) is 4. The molecule has 0 unspecified atom stereocenters. The van der Waals surface area contributed by atoms with Gasteiger partial charge in [0.25, 0.3) is 0 Å². The summed E-state index contributed by atoms with van der Waals surface area (Å²) in [5.41, 5.74) is -1.38. The van der Waals surface area contributed by atoms with Crippen LogP contribution in [0.5, 0.6) is 0 Å². The molecule has 3 rings (SSSR count). The minimum absolute atomic E-state index is 0.0511. The number of thiazole rings is 1. The van der Waals surface area contributed by atoms with Crippen molar-refractivity contribution >= 4 is 32.3 Å². The zero-order valence-electron chi connectivity index (χ0n) is 14.1. The Labute approximate surface area is 157 Å². The maximum Gasteiger partial charge on any atom is 0.443 e. The molecule has 3 heterocycles. The van der Waals surface area contributed by atoms with Crippen LogP contribution in [-0.2, 0) is 29.2 Å². The van der Waals surface area contributed by atoms with Crippen molar-refractivity contribution in [2.45, 2.75) is 24.3 Å². The highest BCUT2D eigenvalue weighted by molar-refractivity contribution is 7.91. The molecule has 0 aromatic carbocycles. The Balaban J connectivity index is 2.30. The number of sulfone groups is 1. The third kappa shape index (κ3) is 3.45. The van der Waals surface area contributed by atoms with E-state index in [0.717, 1.165) is 4.57 Å². The van der Waals surface area contributed by atoms with Gasteiger partial charge in [-0.2, -0.15) is 26.3 Å². The number of hydrogen-bond acceptors (Lipinski definition) is 6. The number of rotatable bonds is 3. The number of imidazole rings is 1. The van der Waals surface area contributed by atoms with Gasteiger partial charge in [-0.25, -0.2) is 23.4 Å². The lowest BCUT2D eigenvalue weighted by molar-refractivity contribution is -0.138. The first-order valence-corrected chi connectivity index (χ1v) is 9.93. The fourth-order valence-electron chi connectivity index (χ4n) is 2.35. The number of aryl methyl sites for hydroxylation is 1. The van der Waals surface area contributed by atoms with Crippen molar-refractivity contribution in [3.63, 3.8) is 0 Å². The number of pyridine rings is 1. The van der Waals surface area contributed by atoms with Crippen LogP contribution in [0.25, 0.3) is 21.9 Å². The monoisotopic (exact) mass is 444 g/mol. The van der Waals surface area contributed by atoms with Gasteiger partial charge in [0.15, 0.2) is 31.3 Å². The Bertz CT molecular complexity index is 1160. The number of alkyl halides is 6. The Morgan fingerprint density at radius 3 is 2.29 bits per heavy atom. The molecule has 3 aromatic rings. The number of aromatic nitrogens is 4. The third-order valence-electron chi connectivity index (χ3n) is 3.75. The third-order valence-corrected chi connectivity index (χ3v) is 6.62. The maximum absolute atomic E-state index is 13.1. The van der Waals surface area contributed by atoms with E-state index in [0.29, 0.717) is 12.3 Å². The average molecular weight is 444 g/mol. The minimum atomic E-state index is -4.90. The highest BCUT2D eigenvalue weighted by Crippen LogP contribution is 2.41. The highest BCUT2D eigenvalue weighted by atomic mass is 32.2. The summed E-state index contributed by atoms with van der Waals surface area (Å²) in [4.78, 5) is 10.4. The van der Waals surface area contributed by atoms with Gasteiger partial charge >= 0.3 is 12.4 Å².